The summed E-state index contributed by atoms with van der Waals surface area (Å²) in [5, 5.41) is 11.2. The van der Waals surface area contributed by atoms with Gasteiger partial charge in [0.1, 0.15) is 6.61 Å². The Morgan fingerprint density at radius 3 is 2.53 bits per heavy atom. The Kier molecular flexibility index (Phi) is 7.57. The summed E-state index contributed by atoms with van der Waals surface area (Å²) in [6.07, 6.45) is -1.61. The van der Waals surface area contributed by atoms with Gasteiger partial charge in [0.15, 0.2) is 17.7 Å². The summed E-state index contributed by atoms with van der Waals surface area (Å²) in [5.41, 5.74) is 1.27. The van der Waals surface area contributed by atoms with Crippen molar-refractivity contribution in [3.8, 4) is 11.5 Å². The zero-order valence-electron chi connectivity index (χ0n) is 19.0. The molecule has 2 atom stereocenters. The maximum atomic E-state index is 13.3. The molecule has 1 aromatic rings. The summed E-state index contributed by atoms with van der Waals surface area (Å²) < 4.78 is 16.3. The maximum Gasteiger partial charge on any atom is 0.416 e. The molecule has 0 bridgehead atoms. The molecular weight excluding hydrogens is 452 g/mol. The quantitative estimate of drug-likeness (QED) is 0.371. The summed E-state index contributed by atoms with van der Waals surface area (Å²) in [4.78, 5) is 29.1. The van der Waals surface area contributed by atoms with Crippen LogP contribution in [0.4, 0.5) is 10.5 Å². The first-order valence-corrected chi connectivity index (χ1v) is 12.6. The molecule has 0 radical (unpaired) electrons. The van der Waals surface area contributed by atoms with Gasteiger partial charge in [-0.2, -0.15) is 0 Å². The van der Waals surface area contributed by atoms with Crippen LogP contribution in [0.2, 0.25) is 0 Å². The van der Waals surface area contributed by atoms with E-state index in [0.29, 0.717) is 30.2 Å². The second-order valence-corrected chi connectivity index (χ2v) is 11.8. The van der Waals surface area contributed by atoms with E-state index in [1.807, 2.05) is 0 Å². The first kappa shape index (κ1) is 24.6. The molecule has 32 heavy (non-hydrogen) atoms. The molecule has 10 heteroatoms. The molecule has 8 nitrogen and oxygen atoms in total. The van der Waals surface area contributed by atoms with Crippen molar-refractivity contribution in [2.45, 2.75) is 44.2 Å². The number of hydrogen-bond donors (Lipinski definition) is 1. The van der Waals surface area contributed by atoms with E-state index >= 15 is 0 Å². The van der Waals surface area contributed by atoms with Gasteiger partial charge in [0, 0.05) is 23.1 Å². The normalized spacial score (nSPS) is 20.6. The smallest absolute Gasteiger partial charge is 0.416 e. The Labute approximate surface area is 196 Å². The van der Waals surface area contributed by atoms with E-state index in [1.54, 1.807) is 26.5 Å². The van der Waals surface area contributed by atoms with Gasteiger partial charge in [-0.15, -0.1) is 0 Å². The van der Waals surface area contributed by atoms with Gasteiger partial charge < -0.3 is 24.2 Å². The van der Waals surface area contributed by atoms with Gasteiger partial charge in [-0.1, -0.05) is 54.5 Å². The van der Waals surface area contributed by atoms with E-state index in [1.165, 1.54) is 26.4 Å². The molecule has 0 aromatic heterocycles. The minimum atomic E-state index is -1.29. The lowest BCUT2D eigenvalue weighted by Crippen LogP contribution is -2.51. The summed E-state index contributed by atoms with van der Waals surface area (Å²) in [6.45, 7) is 10.8. The van der Waals surface area contributed by atoms with E-state index in [4.69, 9.17) is 14.2 Å². The summed E-state index contributed by atoms with van der Waals surface area (Å²) in [6, 6.07) is 2.44. The average molecular weight is 483 g/mol. The van der Waals surface area contributed by atoms with Gasteiger partial charge >= 0.3 is 6.09 Å². The van der Waals surface area contributed by atoms with Gasteiger partial charge in [-0.3, -0.25) is 4.79 Å². The highest BCUT2D eigenvalue weighted by atomic mass is 33.1. The van der Waals surface area contributed by atoms with E-state index in [2.05, 4.69) is 27.4 Å². The highest BCUT2D eigenvalue weighted by Crippen LogP contribution is 2.41. The number of nitrogens with zero attached hydrogens (tertiary/aromatic N) is 2. The van der Waals surface area contributed by atoms with Crippen LogP contribution in [0.5, 0.6) is 11.5 Å². The molecule has 2 unspecified atom stereocenters. The molecule has 2 heterocycles. The minimum Gasteiger partial charge on any atom is -0.493 e. The first-order valence-electron chi connectivity index (χ1n) is 10.3. The van der Waals surface area contributed by atoms with Crippen LogP contribution in [0.25, 0.3) is 0 Å². The van der Waals surface area contributed by atoms with Crippen molar-refractivity contribution < 1.29 is 28.9 Å². The van der Waals surface area contributed by atoms with Crippen LogP contribution in [-0.2, 0) is 4.74 Å². The molecule has 1 N–H and O–H groups in total. The summed E-state index contributed by atoms with van der Waals surface area (Å²) in [5.74, 6) is 0.986. The van der Waals surface area contributed by atoms with Crippen LogP contribution in [0.1, 0.15) is 37.6 Å². The molecular formula is C22H30N2O6S2. The second kappa shape index (κ2) is 9.84. The fraction of sp³-hybridized carbons (Fsp3) is 0.545. The molecule has 2 amide bonds. The molecule has 1 fully saturated rings. The van der Waals surface area contributed by atoms with Crippen molar-refractivity contribution in [3.63, 3.8) is 0 Å². The Balaban J connectivity index is 1.91. The van der Waals surface area contributed by atoms with E-state index in [9.17, 15) is 14.7 Å². The fourth-order valence-electron chi connectivity index (χ4n) is 3.68. The number of carbonyl (C=O) groups excluding carboxylic acids is 2. The number of carbonyl (C=O) groups is 2. The molecule has 1 saturated heterocycles. The standard InChI is InChI=1S/C22H30N2O6S2/c1-13-9-16-20(26)24(21(27)30-7-8-31-32-22(2,3)4)15-11-18(29-6)17(28-5)10-14(15)19(25)23(16)12-13/h10-11,16,20,26H,1,7-9,12H2,2-6H3. The molecule has 1 aromatic carbocycles. The van der Waals surface area contributed by atoms with Gasteiger partial charge in [0.2, 0.25) is 0 Å². The lowest BCUT2D eigenvalue weighted by molar-refractivity contribution is 0.0493. The topological polar surface area (TPSA) is 88.5 Å². The highest BCUT2D eigenvalue weighted by molar-refractivity contribution is 8.77. The Morgan fingerprint density at radius 1 is 1.25 bits per heavy atom. The van der Waals surface area contributed by atoms with Crippen molar-refractivity contribution in [2.75, 3.05) is 38.0 Å². The number of fused-ring (bicyclic) bond motifs is 2. The minimum absolute atomic E-state index is 0.0961. The van der Waals surface area contributed by atoms with Crippen LogP contribution in [-0.4, -0.2) is 72.1 Å². The molecule has 2 aliphatic heterocycles. The predicted molar refractivity (Wildman–Crippen MR) is 128 cm³/mol. The van der Waals surface area contributed by atoms with Crippen molar-refractivity contribution in [1.82, 2.24) is 4.90 Å². The molecule has 0 spiro atoms. The van der Waals surface area contributed by atoms with E-state index < -0.39 is 18.4 Å². The van der Waals surface area contributed by atoms with Crippen LogP contribution in [0, 0.1) is 0 Å². The zero-order chi connectivity index (χ0) is 23.6. The van der Waals surface area contributed by atoms with Gasteiger partial charge in [-0.05, 0) is 12.5 Å². The second-order valence-electron chi connectivity index (χ2n) is 8.59. The van der Waals surface area contributed by atoms with Crippen LogP contribution in [0.15, 0.2) is 24.3 Å². The van der Waals surface area contributed by atoms with Gasteiger partial charge in [0.05, 0.1) is 31.5 Å². The molecule has 176 valence electrons. The predicted octanol–water partition coefficient (Wildman–Crippen LogP) is 3.93. The number of anilines is 1. The maximum absolute atomic E-state index is 13.3. The van der Waals surface area contributed by atoms with Crippen LogP contribution in [0.3, 0.4) is 0 Å². The summed E-state index contributed by atoms with van der Waals surface area (Å²) in [7, 11) is 6.26. The average Bonchev–Trinajstić information content (AvgIpc) is 3.10. The number of amides is 2. The lowest BCUT2D eigenvalue weighted by Gasteiger charge is -2.31. The Bertz CT molecular complexity index is 901. The first-order chi connectivity index (χ1) is 15.1. The number of aliphatic hydroxyl groups is 1. The largest absolute Gasteiger partial charge is 0.493 e. The number of benzene rings is 1. The van der Waals surface area contributed by atoms with Crippen LogP contribution >= 0.6 is 21.6 Å². The number of methoxy groups -OCH3 is 2. The van der Waals surface area contributed by atoms with Crippen molar-refractivity contribution in [1.29, 1.82) is 0 Å². The van der Waals surface area contributed by atoms with Crippen molar-refractivity contribution in [2.24, 2.45) is 0 Å². The fourth-order valence-corrected chi connectivity index (χ4v) is 5.79. The zero-order valence-corrected chi connectivity index (χ0v) is 20.7. The third kappa shape index (κ3) is 5.13. The molecule has 2 aliphatic rings. The molecule has 3 rings (SSSR count). The molecule has 0 saturated carbocycles. The van der Waals surface area contributed by atoms with Crippen molar-refractivity contribution in [3.05, 3.63) is 29.8 Å². The third-order valence-corrected chi connectivity index (χ3v) is 8.36. The monoisotopic (exact) mass is 482 g/mol. The van der Waals surface area contributed by atoms with Gasteiger partial charge in [0.25, 0.3) is 5.91 Å². The lowest BCUT2D eigenvalue weighted by atomic mass is 10.1. The number of hydrogen-bond acceptors (Lipinski definition) is 8. The third-order valence-electron chi connectivity index (χ3n) is 5.05. The van der Waals surface area contributed by atoms with Crippen molar-refractivity contribution >= 4 is 39.3 Å². The summed E-state index contributed by atoms with van der Waals surface area (Å²) >= 11 is 0. The number of ether oxygens (including phenoxy) is 3. The van der Waals surface area contributed by atoms with E-state index in [0.717, 1.165) is 10.5 Å². The van der Waals surface area contributed by atoms with E-state index in [-0.39, 0.29) is 28.5 Å². The van der Waals surface area contributed by atoms with Gasteiger partial charge in [-0.25, -0.2) is 9.69 Å². The Hall–Kier alpha value is -2.04. The number of aliphatic hydroxyl groups excluding tert-OH is 1. The van der Waals surface area contributed by atoms with Crippen LogP contribution < -0.4 is 14.4 Å². The highest BCUT2D eigenvalue weighted by Gasteiger charge is 2.46. The SMILES string of the molecule is C=C1CC2C(O)N(C(=O)OCCSSC(C)(C)C)c3cc(OC)c(OC)cc3C(=O)N2C1. The molecule has 0 aliphatic carbocycles. The Morgan fingerprint density at radius 2 is 1.91 bits per heavy atom. The number of rotatable bonds is 6.